The molecule has 40 heavy (non-hydrogen) atoms. The Kier molecular flexibility index (Phi) is 8.64. The maximum Gasteiger partial charge on any atom is 0.0307 e. The van der Waals surface area contributed by atoms with Crippen molar-refractivity contribution in [1.82, 2.24) is 0 Å². The van der Waals surface area contributed by atoms with Gasteiger partial charge in [0.15, 0.2) is 0 Å². The standard InChI is InChI=1S/2C17H10.C2H6Si.2ClH.Zr/c2*1-3-8-14-12(6-1)13-7-2-4-9-15(13)17-11-5-10-16(14)17;1-3-2;;;/h2*1-10H;1-2H3;2*1H;/p-2. The molecule has 0 aliphatic heterocycles. The molecule has 194 valence electrons. The first-order valence-corrected chi connectivity index (χ1v) is 17.6. The van der Waals surface area contributed by atoms with Crippen LogP contribution in [0.3, 0.4) is 0 Å². The summed E-state index contributed by atoms with van der Waals surface area (Å²) in [6.07, 6.45) is 9.60. The molecule has 2 aliphatic carbocycles. The average molecular weight is 649 g/mol. The Morgan fingerprint density at radius 1 is 0.400 bits per heavy atom. The van der Waals surface area contributed by atoms with Crippen LogP contribution in [0.2, 0.25) is 13.1 Å². The molecule has 0 aromatic heterocycles. The molecule has 6 aromatic rings. The molecule has 0 saturated heterocycles. The monoisotopic (exact) mass is 646 g/mol. The summed E-state index contributed by atoms with van der Waals surface area (Å²) in [5, 5.41) is 11.0. The Labute approximate surface area is 261 Å². The van der Waals surface area contributed by atoms with Crippen molar-refractivity contribution < 1.29 is 47.1 Å². The molecule has 0 unspecified atom stereocenters. The average Bonchev–Trinajstić information content (AvgIpc) is 3.59. The molecular weight excluding hydrogens is 623 g/mol. The van der Waals surface area contributed by atoms with Gasteiger partial charge in [0.25, 0.3) is 0 Å². The number of halogens is 2. The first-order valence-electron chi connectivity index (χ1n) is 13.1. The second-order valence-electron chi connectivity index (χ2n) is 9.88. The summed E-state index contributed by atoms with van der Waals surface area (Å²) < 4.78 is 3.16. The third-order valence-electron chi connectivity index (χ3n) is 7.59. The summed E-state index contributed by atoms with van der Waals surface area (Å²) in [6, 6.07) is 35.7. The van der Waals surface area contributed by atoms with Crippen LogP contribution >= 0.6 is 0 Å². The van der Waals surface area contributed by atoms with E-state index in [2.05, 4.69) is 134 Å². The normalized spacial score (nSPS) is 12.6. The molecular formula is C36H26Cl2SiZr-2. The zero-order valence-electron chi connectivity index (χ0n) is 22.3. The van der Waals surface area contributed by atoms with Crippen molar-refractivity contribution >= 4 is 71.2 Å². The van der Waals surface area contributed by atoms with Crippen molar-refractivity contribution in [2.75, 3.05) is 0 Å². The second kappa shape index (κ2) is 12.0. The van der Waals surface area contributed by atoms with Crippen LogP contribution in [0.15, 0.2) is 109 Å². The van der Waals surface area contributed by atoms with Gasteiger partial charge in [-0.05, 0) is 0 Å². The fourth-order valence-corrected chi connectivity index (χ4v) is 9.59. The van der Waals surface area contributed by atoms with E-state index in [9.17, 15) is 0 Å². The van der Waals surface area contributed by atoms with Crippen molar-refractivity contribution in [2.24, 2.45) is 0 Å². The van der Waals surface area contributed by atoms with E-state index in [4.69, 9.17) is 0 Å². The fraction of sp³-hybridized carbons (Fsp3) is 0.0556. The molecule has 8 rings (SSSR count). The van der Waals surface area contributed by atoms with Gasteiger partial charge in [0.1, 0.15) is 0 Å². The first kappa shape index (κ1) is 28.8. The minimum Gasteiger partial charge on any atom is -1.00 e. The molecule has 0 saturated carbocycles. The third kappa shape index (κ3) is 4.56. The van der Waals surface area contributed by atoms with Gasteiger partial charge < -0.3 is 24.8 Å². The number of rotatable bonds is 0. The van der Waals surface area contributed by atoms with Gasteiger partial charge in [0.2, 0.25) is 0 Å². The molecule has 2 aliphatic rings. The van der Waals surface area contributed by atoms with Crippen molar-refractivity contribution in [2.45, 2.75) is 13.1 Å². The predicted molar refractivity (Wildman–Crippen MR) is 167 cm³/mol. The summed E-state index contributed by atoms with van der Waals surface area (Å²) in [5.74, 6) is 0. The van der Waals surface area contributed by atoms with Gasteiger partial charge in [-0.1, -0.05) is 13.1 Å². The third-order valence-corrected chi connectivity index (χ3v) is 11.0. The molecule has 0 amide bonds. The van der Waals surface area contributed by atoms with Gasteiger partial charge >= 0.3 is 215 Å². The van der Waals surface area contributed by atoms with Gasteiger partial charge in [0.05, 0.1) is 0 Å². The Hall–Kier alpha value is -2.74. The largest absolute Gasteiger partial charge is 1.00 e. The summed E-state index contributed by atoms with van der Waals surface area (Å²) in [5.41, 5.74) is 5.76. The maximum atomic E-state index is 2.43. The van der Waals surface area contributed by atoms with E-state index in [1.807, 2.05) is 0 Å². The molecule has 0 heterocycles. The van der Waals surface area contributed by atoms with Gasteiger partial charge in [-0.25, -0.2) is 0 Å². The summed E-state index contributed by atoms with van der Waals surface area (Å²) in [6.45, 7) is 4.31. The molecule has 6 aromatic carbocycles. The molecule has 0 nitrogen and oxygen atoms in total. The molecule has 0 fully saturated rings. The molecule has 4 heteroatoms. The van der Waals surface area contributed by atoms with E-state index in [0.717, 1.165) is 9.52 Å². The van der Waals surface area contributed by atoms with Crippen molar-refractivity contribution in [1.29, 1.82) is 0 Å². The zero-order chi connectivity index (χ0) is 25.6. The number of hydrogen-bond donors (Lipinski definition) is 0. The minimum atomic E-state index is -1.07. The van der Waals surface area contributed by atoms with Crippen LogP contribution in [0.1, 0.15) is 22.3 Å². The van der Waals surface area contributed by atoms with Gasteiger partial charge in [-0.3, -0.25) is 0 Å². The quantitative estimate of drug-likeness (QED) is 0.176. The van der Waals surface area contributed by atoms with Crippen LogP contribution in [0.25, 0.3) is 55.2 Å². The van der Waals surface area contributed by atoms with Crippen molar-refractivity contribution in [3.05, 3.63) is 131 Å². The van der Waals surface area contributed by atoms with Gasteiger partial charge in [-0.2, -0.15) is 0 Å². The van der Waals surface area contributed by atoms with Crippen LogP contribution in [-0.4, -0.2) is 15.9 Å². The van der Waals surface area contributed by atoms with E-state index in [-0.39, 0.29) is 24.8 Å². The second-order valence-corrected chi connectivity index (χ2v) is 14.1. The van der Waals surface area contributed by atoms with Crippen LogP contribution in [0, 0.1) is 0 Å². The number of hydrogen-bond acceptors (Lipinski definition) is 0. The van der Waals surface area contributed by atoms with E-state index in [0.29, 0.717) is 0 Å². The SMILES string of the molecule is C1=Cc2c(c3ccccc3c3ccccc23)[C]1=[Zr]=[C]1C=Cc2c1c1ccccc1c1ccccc21.C[Si]C.[Cl-].[Cl-]. The molecule has 0 N–H and O–H groups in total. The maximum absolute atomic E-state index is 2.43. The van der Waals surface area contributed by atoms with Crippen LogP contribution in [0.4, 0.5) is 0 Å². The Balaban J connectivity index is 0.000000620. The molecule has 0 spiro atoms. The fourth-order valence-electron chi connectivity index (χ4n) is 6.12. The smallest absolute Gasteiger partial charge is 0.0307 e. The van der Waals surface area contributed by atoms with Crippen LogP contribution in [0.5, 0.6) is 0 Å². The minimum absolute atomic E-state index is 0. The van der Waals surface area contributed by atoms with E-state index < -0.39 is 22.3 Å². The van der Waals surface area contributed by atoms with Gasteiger partial charge in [0, 0.05) is 9.52 Å². The van der Waals surface area contributed by atoms with E-state index in [1.54, 1.807) is 6.41 Å². The van der Waals surface area contributed by atoms with E-state index in [1.165, 1.54) is 65.3 Å². The molecule has 0 atom stereocenters. The van der Waals surface area contributed by atoms with Crippen molar-refractivity contribution in [3.8, 4) is 0 Å². The Morgan fingerprint density at radius 3 is 1.02 bits per heavy atom. The summed E-state index contributed by atoms with van der Waals surface area (Å²) in [7, 11) is 1.08. The molecule has 0 bridgehead atoms. The van der Waals surface area contributed by atoms with Gasteiger partial charge in [-0.15, -0.1) is 0 Å². The number of fused-ring (bicyclic) bond motifs is 12. The topological polar surface area (TPSA) is 0 Å². The zero-order valence-corrected chi connectivity index (χ0v) is 27.3. The van der Waals surface area contributed by atoms with Crippen molar-refractivity contribution in [3.63, 3.8) is 0 Å². The summed E-state index contributed by atoms with van der Waals surface area (Å²) >= 11 is -1.07. The summed E-state index contributed by atoms with van der Waals surface area (Å²) in [4.78, 5) is 0. The first-order chi connectivity index (χ1) is 18.8. The Morgan fingerprint density at radius 2 is 0.675 bits per heavy atom. The van der Waals surface area contributed by atoms with Crippen LogP contribution in [-0.2, 0) is 22.3 Å². The Bertz CT molecular complexity index is 1920. The molecule has 2 radical (unpaired) electrons. The van der Waals surface area contributed by atoms with E-state index >= 15 is 0 Å². The predicted octanol–water partition coefficient (Wildman–Crippen LogP) is 2.97. The number of benzene rings is 6. The van der Waals surface area contributed by atoms with Crippen LogP contribution < -0.4 is 24.8 Å². The number of allylic oxidation sites excluding steroid dienone is 2.